The van der Waals surface area contributed by atoms with E-state index < -0.39 is 6.10 Å². The second kappa shape index (κ2) is 5.70. The molecule has 0 fully saturated rings. The quantitative estimate of drug-likeness (QED) is 0.895. The number of fused-ring (bicyclic) bond motifs is 1. The first-order chi connectivity index (χ1) is 9.75. The highest BCUT2D eigenvalue weighted by Gasteiger charge is 2.30. The third kappa shape index (κ3) is 2.58. The summed E-state index contributed by atoms with van der Waals surface area (Å²) in [5.74, 6) is -0.0174. The smallest absolute Gasteiger partial charge is 0.0838 e. The summed E-state index contributed by atoms with van der Waals surface area (Å²) in [6.45, 7) is 4.10. The van der Waals surface area contributed by atoms with Crippen LogP contribution in [0, 0.1) is 0 Å². The lowest BCUT2D eigenvalue weighted by molar-refractivity contribution is 0.207. The zero-order valence-electron chi connectivity index (χ0n) is 11.1. The molecule has 1 nitrogen and oxygen atoms in total. The van der Waals surface area contributed by atoms with Gasteiger partial charge in [-0.1, -0.05) is 79.0 Å². The molecule has 1 N–H and O–H groups in total. The molecule has 0 spiro atoms. The highest BCUT2D eigenvalue weighted by atomic mass is 32.2. The molecule has 20 heavy (non-hydrogen) atoms. The predicted molar refractivity (Wildman–Crippen MR) is 85.7 cm³/mol. The van der Waals surface area contributed by atoms with E-state index in [-0.39, 0.29) is 5.92 Å². The minimum atomic E-state index is -0.543. The Morgan fingerprint density at radius 2 is 1.75 bits per heavy atom. The Kier molecular flexibility index (Phi) is 3.77. The molecule has 0 bridgehead atoms. The van der Waals surface area contributed by atoms with Crippen LogP contribution in [0.4, 0.5) is 0 Å². The number of thioether (sulfide) groups is 1. The summed E-state index contributed by atoms with van der Waals surface area (Å²) in [4.78, 5) is 2.21. The standard InChI is InChI=1S/C18H16OS/c1-13-18(15-9-5-6-10-17(15)20-13)16(19)12-11-14-7-3-2-4-8-14/h2-12,16,18-19H,1H2/b12-11+/t16-,18-/m1/s1. The fourth-order valence-corrected chi connectivity index (χ4v) is 3.60. The van der Waals surface area contributed by atoms with Crippen LogP contribution in [0.1, 0.15) is 17.0 Å². The first-order valence-electron chi connectivity index (χ1n) is 6.62. The van der Waals surface area contributed by atoms with Crippen molar-refractivity contribution in [3.63, 3.8) is 0 Å². The van der Waals surface area contributed by atoms with E-state index in [1.807, 2.05) is 54.6 Å². The maximum Gasteiger partial charge on any atom is 0.0838 e. The number of rotatable bonds is 3. The van der Waals surface area contributed by atoms with Crippen LogP contribution in [0.15, 0.2) is 77.1 Å². The molecule has 0 aromatic heterocycles. The van der Waals surface area contributed by atoms with Crippen molar-refractivity contribution >= 4 is 17.8 Å². The average molecular weight is 280 g/mol. The van der Waals surface area contributed by atoms with Crippen LogP contribution in [0.5, 0.6) is 0 Å². The van der Waals surface area contributed by atoms with Gasteiger partial charge in [0.1, 0.15) is 0 Å². The molecule has 2 aromatic rings. The Bertz CT molecular complexity index is 645. The summed E-state index contributed by atoms with van der Waals surface area (Å²) in [5.41, 5.74) is 2.27. The molecular weight excluding hydrogens is 264 g/mol. The number of aliphatic hydroxyl groups is 1. The Labute approximate surface area is 123 Å². The molecule has 0 unspecified atom stereocenters. The largest absolute Gasteiger partial charge is 0.388 e. The van der Waals surface area contributed by atoms with Gasteiger partial charge in [-0.2, -0.15) is 0 Å². The van der Waals surface area contributed by atoms with Crippen molar-refractivity contribution in [2.75, 3.05) is 0 Å². The molecule has 1 heterocycles. The fourth-order valence-electron chi connectivity index (χ4n) is 2.47. The minimum absolute atomic E-state index is 0.0174. The Morgan fingerprint density at radius 3 is 2.55 bits per heavy atom. The minimum Gasteiger partial charge on any atom is -0.388 e. The predicted octanol–water partition coefficient (Wildman–Crippen LogP) is 4.46. The van der Waals surface area contributed by atoms with Gasteiger partial charge in [0.2, 0.25) is 0 Å². The monoisotopic (exact) mass is 280 g/mol. The Balaban J connectivity index is 1.83. The summed E-state index contributed by atoms with van der Waals surface area (Å²) >= 11 is 1.66. The molecule has 2 aromatic carbocycles. The third-order valence-corrected chi connectivity index (χ3v) is 4.58. The van der Waals surface area contributed by atoms with Crippen molar-refractivity contribution in [2.24, 2.45) is 0 Å². The fraction of sp³-hybridized carbons (Fsp3) is 0.111. The van der Waals surface area contributed by atoms with Crippen molar-refractivity contribution in [1.82, 2.24) is 0 Å². The highest BCUT2D eigenvalue weighted by Crippen LogP contribution is 2.49. The summed E-state index contributed by atoms with van der Waals surface area (Å²) in [5, 5.41) is 10.5. The van der Waals surface area contributed by atoms with Crippen molar-refractivity contribution in [2.45, 2.75) is 16.9 Å². The molecule has 0 saturated carbocycles. The van der Waals surface area contributed by atoms with E-state index in [9.17, 15) is 5.11 Å². The lowest BCUT2D eigenvalue weighted by atomic mass is 9.93. The van der Waals surface area contributed by atoms with Crippen LogP contribution in [-0.4, -0.2) is 11.2 Å². The van der Waals surface area contributed by atoms with Gasteiger partial charge in [0.15, 0.2) is 0 Å². The molecule has 2 heteroatoms. The van der Waals surface area contributed by atoms with E-state index in [0.717, 1.165) is 10.5 Å². The molecule has 0 amide bonds. The molecule has 0 aliphatic carbocycles. The Morgan fingerprint density at radius 1 is 1.05 bits per heavy atom. The first kappa shape index (κ1) is 13.2. The normalized spacial score (nSPS) is 19.2. The number of benzene rings is 2. The molecule has 1 aliphatic rings. The van der Waals surface area contributed by atoms with Crippen LogP contribution >= 0.6 is 11.8 Å². The first-order valence-corrected chi connectivity index (χ1v) is 7.44. The molecule has 2 atom stereocenters. The van der Waals surface area contributed by atoms with Gasteiger partial charge in [-0.25, -0.2) is 0 Å². The second-order valence-electron chi connectivity index (χ2n) is 4.84. The lowest BCUT2D eigenvalue weighted by Gasteiger charge is -2.16. The number of aliphatic hydroxyl groups excluding tert-OH is 1. The van der Waals surface area contributed by atoms with Crippen molar-refractivity contribution in [3.05, 3.63) is 83.3 Å². The maximum absolute atomic E-state index is 10.5. The van der Waals surface area contributed by atoms with Crippen LogP contribution in [0.2, 0.25) is 0 Å². The van der Waals surface area contributed by atoms with Gasteiger partial charge in [-0.3, -0.25) is 0 Å². The maximum atomic E-state index is 10.5. The SMILES string of the molecule is C=C1Sc2ccccc2[C@@H]1[C@H](O)/C=C/c1ccccc1. The van der Waals surface area contributed by atoms with Crippen LogP contribution < -0.4 is 0 Å². The number of hydrogen-bond donors (Lipinski definition) is 1. The highest BCUT2D eigenvalue weighted by molar-refractivity contribution is 8.03. The van der Waals surface area contributed by atoms with E-state index in [1.165, 1.54) is 10.5 Å². The van der Waals surface area contributed by atoms with Gasteiger partial charge in [-0.05, 0) is 22.1 Å². The van der Waals surface area contributed by atoms with Gasteiger partial charge in [0.05, 0.1) is 6.10 Å². The topological polar surface area (TPSA) is 20.2 Å². The lowest BCUT2D eigenvalue weighted by Crippen LogP contribution is -2.14. The molecule has 0 saturated heterocycles. The van der Waals surface area contributed by atoms with Crippen molar-refractivity contribution < 1.29 is 5.11 Å². The molecule has 0 radical (unpaired) electrons. The van der Waals surface area contributed by atoms with E-state index >= 15 is 0 Å². The van der Waals surface area contributed by atoms with Crippen LogP contribution in [0.25, 0.3) is 6.08 Å². The summed E-state index contributed by atoms with van der Waals surface area (Å²) in [6, 6.07) is 18.2. The second-order valence-corrected chi connectivity index (χ2v) is 6.01. The zero-order chi connectivity index (χ0) is 13.9. The van der Waals surface area contributed by atoms with Crippen molar-refractivity contribution in [1.29, 1.82) is 0 Å². The van der Waals surface area contributed by atoms with E-state index in [1.54, 1.807) is 11.8 Å². The molecular formula is C18H16OS. The van der Waals surface area contributed by atoms with Crippen LogP contribution in [0.3, 0.4) is 0 Å². The average Bonchev–Trinajstić information content (AvgIpc) is 2.82. The van der Waals surface area contributed by atoms with Gasteiger partial charge in [-0.15, -0.1) is 0 Å². The summed E-state index contributed by atoms with van der Waals surface area (Å²) in [7, 11) is 0. The Hall–Kier alpha value is -1.77. The van der Waals surface area contributed by atoms with E-state index in [4.69, 9.17) is 0 Å². The van der Waals surface area contributed by atoms with E-state index in [2.05, 4.69) is 18.7 Å². The van der Waals surface area contributed by atoms with Gasteiger partial charge < -0.3 is 5.11 Å². The molecule has 100 valence electrons. The molecule has 3 rings (SSSR count). The van der Waals surface area contributed by atoms with Gasteiger partial charge >= 0.3 is 0 Å². The van der Waals surface area contributed by atoms with Crippen molar-refractivity contribution in [3.8, 4) is 0 Å². The third-order valence-electron chi connectivity index (χ3n) is 3.47. The summed E-state index contributed by atoms with van der Waals surface area (Å²) in [6.07, 6.45) is 3.27. The summed E-state index contributed by atoms with van der Waals surface area (Å²) < 4.78 is 0. The number of hydrogen-bond acceptors (Lipinski definition) is 2. The van der Waals surface area contributed by atoms with Gasteiger partial charge in [0.25, 0.3) is 0 Å². The molecule has 1 aliphatic heterocycles. The van der Waals surface area contributed by atoms with Gasteiger partial charge in [0, 0.05) is 10.8 Å². The van der Waals surface area contributed by atoms with E-state index in [0.29, 0.717) is 0 Å². The van der Waals surface area contributed by atoms with Crippen LogP contribution in [-0.2, 0) is 0 Å². The zero-order valence-corrected chi connectivity index (χ0v) is 11.9.